The molecule has 0 saturated carbocycles. The third kappa shape index (κ3) is 7.12. The van der Waals surface area contributed by atoms with Crippen molar-refractivity contribution in [2.45, 2.75) is 24.8 Å². The number of carbonyl (C=O) groups excluding carboxylic acids is 1. The van der Waals surface area contributed by atoms with Crippen LogP contribution >= 0.6 is 15.9 Å². The smallest absolute Gasteiger partial charge is 0.266 e. The number of aliphatic hydroxyl groups excluding tert-OH is 1. The van der Waals surface area contributed by atoms with E-state index in [1.54, 1.807) is 7.11 Å². The van der Waals surface area contributed by atoms with Gasteiger partial charge in [-0.1, -0.05) is 46.3 Å². The van der Waals surface area contributed by atoms with E-state index < -0.39 is 5.54 Å². The molecule has 4 rings (SSSR count). The molecule has 0 aromatic heterocycles. The molecule has 3 aromatic carbocycles. The van der Waals surface area contributed by atoms with Crippen LogP contribution in [0.3, 0.4) is 0 Å². The number of hydrazine groups is 1. The van der Waals surface area contributed by atoms with E-state index in [1.165, 1.54) is 0 Å². The zero-order valence-corrected chi connectivity index (χ0v) is 22.9. The molecule has 0 spiro atoms. The maximum atomic E-state index is 13.5. The average Bonchev–Trinajstić information content (AvgIpc) is 3.38. The Labute approximate surface area is 231 Å². The van der Waals surface area contributed by atoms with Crippen LogP contribution in [0.4, 0.5) is 0 Å². The number of amides is 1. The van der Waals surface area contributed by atoms with Crippen LogP contribution < -0.4 is 20.3 Å². The molecule has 1 atom stereocenters. The van der Waals surface area contributed by atoms with E-state index in [2.05, 4.69) is 26.8 Å². The molecule has 38 heavy (non-hydrogen) atoms. The number of aliphatic imine (C=N–C) groups is 1. The van der Waals surface area contributed by atoms with Gasteiger partial charge in [-0.15, -0.1) is 0 Å². The maximum Gasteiger partial charge on any atom is 0.266 e. The van der Waals surface area contributed by atoms with Gasteiger partial charge in [-0.3, -0.25) is 10.2 Å². The highest BCUT2D eigenvalue weighted by molar-refractivity contribution is 9.10. The van der Waals surface area contributed by atoms with Gasteiger partial charge in [0.05, 0.1) is 13.7 Å². The first-order valence-corrected chi connectivity index (χ1v) is 13.3. The summed E-state index contributed by atoms with van der Waals surface area (Å²) in [5, 5.41) is 8.93. The number of aliphatic hydroxyl groups is 1. The Hall–Kier alpha value is -3.40. The summed E-state index contributed by atoms with van der Waals surface area (Å²) in [7, 11) is 1.64. The molecule has 200 valence electrons. The van der Waals surface area contributed by atoms with E-state index >= 15 is 0 Å². The predicted molar refractivity (Wildman–Crippen MR) is 150 cm³/mol. The number of halogens is 1. The second-order valence-electron chi connectivity index (χ2n) is 8.93. The zero-order chi connectivity index (χ0) is 26.8. The Bertz CT molecular complexity index is 1230. The van der Waals surface area contributed by atoms with Crippen molar-refractivity contribution in [1.29, 1.82) is 0 Å². The fourth-order valence-electron chi connectivity index (χ4n) is 4.05. The molecule has 3 aromatic rings. The number of rotatable bonds is 13. The number of ether oxygens (including phenoxy) is 3. The molecular formula is C29H32BrN3O5. The summed E-state index contributed by atoms with van der Waals surface area (Å²) >= 11 is 3.60. The molecule has 3 N–H and O–H groups in total. The second-order valence-corrected chi connectivity index (χ2v) is 9.79. The fourth-order valence-corrected chi connectivity index (χ4v) is 4.47. The molecule has 0 radical (unpaired) electrons. The molecule has 0 aliphatic carbocycles. The van der Waals surface area contributed by atoms with Gasteiger partial charge in [0.2, 0.25) is 5.90 Å². The van der Waals surface area contributed by atoms with Crippen LogP contribution in [0.25, 0.3) is 0 Å². The van der Waals surface area contributed by atoms with Crippen molar-refractivity contribution in [1.82, 2.24) is 10.9 Å². The van der Waals surface area contributed by atoms with E-state index in [4.69, 9.17) is 24.3 Å². The minimum atomic E-state index is -1.14. The van der Waals surface area contributed by atoms with Crippen LogP contribution in [0.2, 0.25) is 0 Å². The quantitative estimate of drug-likeness (QED) is 0.209. The minimum Gasteiger partial charge on any atom is -0.497 e. The molecule has 9 heteroatoms. The summed E-state index contributed by atoms with van der Waals surface area (Å²) in [6.45, 7) is 1.19. The lowest BCUT2D eigenvalue weighted by Crippen LogP contribution is -2.53. The van der Waals surface area contributed by atoms with Crippen LogP contribution in [0.15, 0.2) is 82.3 Å². The Kier molecular flexibility index (Phi) is 9.75. The van der Waals surface area contributed by atoms with Gasteiger partial charge in [-0.05, 0) is 60.0 Å². The number of benzene rings is 3. The van der Waals surface area contributed by atoms with Crippen LogP contribution in [0.1, 0.15) is 23.1 Å². The molecule has 0 fully saturated rings. The summed E-state index contributed by atoms with van der Waals surface area (Å²) in [5.74, 6) is 1.65. The Morgan fingerprint density at radius 2 is 1.82 bits per heavy atom. The van der Waals surface area contributed by atoms with Gasteiger partial charge in [0, 0.05) is 36.0 Å². The Balaban J connectivity index is 1.46. The van der Waals surface area contributed by atoms with Crippen LogP contribution in [0.5, 0.6) is 11.5 Å². The van der Waals surface area contributed by atoms with Gasteiger partial charge in [-0.25, -0.2) is 10.4 Å². The van der Waals surface area contributed by atoms with Crippen LogP contribution in [0, 0.1) is 0 Å². The molecule has 0 unspecified atom stereocenters. The van der Waals surface area contributed by atoms with Gasteiger partial charge < -0.3 is 19.3 Å². The highest BCUT2D eigenvalue weighted by Crippen LogP contribution is 2.30. The lowest BCUT2D eigenvalue weighted by Gasteiger charge is -2.24. The molecule has 1 heterocycles. The van der Waals surface area contributed by atoms with Crippen molar-refractivity contribution in [3.05, 3.63) is 94.0 Å². The number of methoxy groups -OCH3 is 1. The summed E-state index contributed by atoms with van der Waals surface area (Å²) < 4.78 is 17.7. The highest BCUT2D eigenvalue weighted by atomic mass is 79.9. The summed E-state index contributed by atoms with van der Waals surface area (Å²) in [4.78, 5) is 18.3. The monoisotopic (exact) mass is 581 g/mol. The van der Waals surface area contributed by atoms with E-state index in [1.807, 2.05) is 72.8 Å². The summed E-state index contributed by atoms with van der Waals surface area (Å²) in [5.41, 5.74) is 7.61. The van der Waals surface area contributed by atoms with Crippen molar-refractivity contribution in [3.8, 4) is 11.5 Å². The molecule has 8 nitrogen and oxygen atoms in total. The Morgan fingerprint density at radius 1 is 1.08 bits per heavy atom. The third-order valence-corrected chi connectivity index (χ3v) is 6.97. The zero-order valence-electron chi connectivity index (χ0n) is 21.3. The number of nitrogens with zero attached hydrogens (tertiary/aromatic N) is 1. The molecular weight excluding hydrogens is 550 g/mol. The minimum absolute atomic E-state index is 0.0841. The van der Waals surface area contributed by atoms with E-state index in [0.717, 1.165) is 33.3 Å². The molecule has 1 aliphatic heterocycles. The van der Waals surface area contributed by atoms with Gasteiger partial charge in [-0.2, -0.15) is 0 Å². The SMILES string of the molecule is COc1ccc(CCNNC(=O)[C@]2(Cc3ccccc3Br)COC(c3ccc(OCCCO)cc3)=N2)cc1. The largest absolute Gasteiger partial charge is 0.497 e. The average molecular weight is 582 g/mol. The van der Waals surface area contributed by atoms with E-state index in [9.17, 15) is 4.79 Å². The topological polar surface area (TPSA) is 101 Å². The lowest BCUT2D eigenvalue weighted by molar-refractivity contribution is -0.127. The maximum absolute atomic E-state index is 13.5. The molecule has 1 amide bonds. The predicted octanol–water partition coefficient (Wildman–Crippen LogP) is 3.84. The van der Waals surface area contributed by atoms with Crippen molar-refractivity contribution in [3.63, 3.8) is 0 Å². The van der Waals surface area contributed by atoms with Crippen molar-refractivity contribution < 1.29 is 24.1 Å². The Morgan fingerprint density at radius 3 is 2.53 bits per heavy atom. The van der Waals surface area contributed by atoms with Crippen LogP contribution in [-0.4, -0.2) is 55.9 Å². The standard InChI is InChI=1S/C29H32BrN3O5/c1-36-24-11-7-21(8-12-24)15-16-31-33-28(35)29(19-23-5-2-3-6-26(23)30)20-38-27(32-29)22-9-13-25(14-10-22)37-18-4-17-34/h2-3,5-14,31,34H,4,15-20H2,1H3,(H,33,35)/t29-/m0/s1. The number of hydrogen-bond donors (Lipinski definition) is 3. The summed E-state index contributed by atoms with van der Waals surface area (Å²) in [6, 6.07) is 23.0. The molecule has 1 aliphatic rings. The molecule has 0 saturated heterocycles. The van der Waals surface area contributed by atoms with Gasteiger partial charge in [0.15, 0.2) is 5.54 Å². The van der Waals surface area contributed by atoms with Crippen molar-refractivity contribution >= 4 is 27.7 Å². The number of carbonyl (C=O) groups is 1. The van der Waals surface area contributed by atoms with Crippen LogP contribution in [-0.2, 0) is 22.4 Å². The second kappa shape index (κ2) is 13.4. The fraction of sp³-hybridized carbons (Fsp3) is 0.310. The van der Waals surface area contributed by atoms with E-state index in [0.29, 0.717) is 37.6 Å². The van der Waals surface area contributed by atoms with E-state index in [-0.39, 0.29) is 19.1 Å². The lowest BCUT2D eigenvalue weighted by atomic mass is 9.91. The first kappa shape index (κ1) is 27.6. The first-order chi connectivity index (χ1) is 18.5. The highest BCUT2D eigenvalue weighted by Gasteiger charge is 2.45. The van der Waals surface area contributed by atoms with Gasteiger partial charge in [0.25, 0.3) is 5.91 Å². The van der Waals surface area contributed by atoms with Crippen molar-refractivity contribution in [2.75, 3.05) is 33.5 Å². The first-order valence-electron chi connectivity index (χ1n) is 12.5. The number of nitrogens with one attached hydrogen (secondary N) is 2. The summed E-state index contributed by atoms with van der Waals surface area (Å²) in [6.07, 6.45) is 1.67. The van der Waals surface area contributed by atoms with Crippen molar-refractivity contribution in [2.24, 2.45) is 4.99 Å². The molecule has 0 bridgehead atoms. The number of hydrogen-bond acceptors (Lipinski definition) is 7. The third-order valence-electron chi connectivity index (χ3n) is 6.20. The van der Waals surface area contributed by atoms with Gasteiger partial charge >= 0.3 is 0 Å². The van der Waals surface area contributed by atoms with Gasteiger partial charge in [0.1, 0.15) is 18.1 Å². The normalized spacial score (nSPS) is 16.4.